The summed E-state index contributed by atoms with van der Waals surface area (Å²) in [5, 5.41) is 4.98. The van der Waals surface area contributed by atoms with Crippen LogP contribution in [0.3, 0.4) is 0 Å². The van der Waals surface area contributed by atoms with Crippen molar-refractivity contribution in [3.8, 4) is 0 Å². The van der Waals surface area contributed by atoms with E-state index in [0.717, 1.165) is 23.3 Å². The molecule has 0 radical (unpaired) electrons. The van der Waals surface area contributed by atoms with Crippen LogP contribution < -0.4 is 16.4 Å². The highest BCUT2D eigenvalue weighted by atomic mass is 19.2. The van der Waals surface area contributed by atoms with Gasteiger partial charge >= 0.3 is 6.03 Å². The molecule has 0 saturated heterocycles. The van der Waals surface area contributed by atoms with Gasteiger partial charge < -0.3 is 16.4 Å². The monoisotopic (exact) mass is 333 g/mol. The van der Waals surface area contributed by atoms with Crippen molar-refractivity contribution in [2.24, 2.45) is 5.73 Å². The summed E-state index contributed by atoms with van der Waals surface area (Å²) in [6.07, 6.45) is -0.104. The number of carbonyl (C=O) groups is 2. The Morgan fingerprint density at radius 1 is 1.12 bits per heavy atom. The van der Waals surface area contributed by atoms with Gasteiger partial charge in [0.15, 0.2) is 11.6 Å². The Kier molecular flexibility index (Phi) is 5.47. The quantitative estimate of drug-likeness (QED) is 0.786. The number of nitrogens with one attached hydrogen (secondary N) is 2. The summed E-state index contributed by atoms with van der Waals surface area (Å²) < 4.78 is 26.1. The van der Waals surface area contributed by atoms with Crippen molar-refractivity contribution in [2.75, 3.05) is 5.32 Å². The Labute approximate surface area is 137 Å². The summed E-state index contributed by atoms with van der Waals surface area (Å²) in [6, 6.07) is 8.91. The molecule has 0 aromatic heterocycles. The van der Waals surface area contributed by atoms with Crippen LogP contribution in [0.25, 0.3) is 0 Å². The molecule has 0 bridgehead atoms. The number of hydrogen-bond acceptors (Lipinski definition) is 2. The van der Waals surface area contributed by atoms with Crippen LogP contribution in [0.1, 0.15) is 23.6 Å². The van der Waals surface area contributed by atoms with E-state index in [1.54, 1.807) is 12.1 Å². The van der Waals surface area contributed by atoms with E-state index >= 15 is 0 Å². The van der Waals surface area contributed by atoms with E-state index in [-0.39, 0.29) is 12.1 Å². The predicted molar refractivity (Wildman–Crippen MR) is 86.2 cm³/mol. The number of aryl methyl sites for hydroxylation is 1. The number of nitrogens with two attached hydrogens (primary N) is 1. The number of carbonyl (C=O) groups excluding carboxylic acids is 2. The van der Waals surface area contributed by atoms with Crippen LogP contribution in [-0.2, 0) is 4.79 Å². The Morgan fingerprint density at radius 3 is 2.46 bits per heavy atom. The number of anilines is 1. The second kappa shape index (κ2) is 7.54. The van der Waals surface area contributed by atoms with E-state index in [1.165, 1.54) is 6.07 Å². The fourth-order valence-corrected chi connectivity index (χ4v) is 2.36. The first-order chi connectivity index (χ1) is 11.4. The molecule has 0 aliphatic heterocycles. The average Bonchev–Trinajstić information content (AvgIpc) is 2.50. The molecule has 1 unspecified atom stereocenters. The summed E-state index contributed by atoms with van der Waals surface area (Å²) in [5.74, 6) is -2.53. The molecule has 2 aromatic rings. The number of primary amides is 1. The molecule has 2 rings (SSSR count). The van der Waals surface area contributed by atoms with E-state index in [2.05, 4.69) is 10.6 Å². The second-order valence-corrected chi connectivity index (χ2v) is 5.30. The Bertz CT molecular complexity index is 765. The molecule has 2 aromatic carbocycles. The zero-order valence-corrected chi connectivity index (χ0v) is 13.0. The largest absolute Gasteiger partial charge is 0.352 e. The molecule has 4 N–H and O–H groups in total. The molecule has 0 fully saturated rings. The first kappa shape index (κ1) is 17.4. The van der Waals surface area contributed by atoms with Crippen LogP contribution in [0.2, 0.25) is 0 Å². The number of urea groups is 1. The second-order valence-electron chi connectivity index (χ2n) is 5.30. The van der Waals surface area contributed by atoms with Crippen molar-refractivity contribution in [3.05, 3.63) is 65.2 Å². The number of amides is 3. The van der Waals surface area contributed by atoms with Crippen molar-refractivity contribution in [1.29, 1.82) is 0 Å². The lowest BCUT2D eigenvalue weighted by Gasteiger charge is -2.19. The maximum absolute atomic E-state index is 13.2. The standard InChI is InChI=1S/C17H17F2N3O2/c1-10-4-2-3-5-12(10)15(22-17(20)24)9-16(23)21-11-6-7-13(18)14(19)8-11/h2-8,15H,9H2,1H3,(H,21,23)(H3,20,22,24). The number of halogens is 2. The van der Waals surface area contributed by atoms with E-state index in [1.807, 2.05) is 19.1 Å². The number of benzene rings is 2. The summed E-state index contributed by atoms with van der Waals surface area (Å²) in [4.78, 5) is 23.4. The first-order valence-electron chi connectivity index (χ1n) is 7.23. The van der Waals surface area contributed by atoms with Crippen LogP contribution in [0, 0.1) is 18.6 Å². The molecule has 126 valence electrons. The molecule has 3 amide bonds. The van der Waals surface area contributed by atoms with E-state index in [9.17, 15) is 18.4 Å². The fraction of sp³-hybridized carbons (Fsp3) is 0.176. The highest BCUT2D eigenvalue weighted by Crippen LogP contribution is 2.22. The Morgan fingerprint density at radius 2 is 1.83 bits per heavy atom. The number of rotatable bonds is 5. The molecule has 0 aliphatic rings. The van der Waals surface area contributed by atoms with Crippen LogP contribution in [0.5, 0.6) is 0 Å². The summed E-state index contributed by atoms with van der Waals surface area (Å²) >= 11 is 0. The lowest BCUT2D eigenvalue weighted by atomic mass is 9.98. The maximum Gasteiger partial charge on any atom is 0.312 e. The van der Waals surface area contributed by atoms with E-state index < -0.39 is 29.6 Å². The predicted octanol–water partition coefficient (Wildman–Crippen LogP) is 3.01. The Balaban J connectivity index is 2.14. The molecule has 0 aliphatic carbocycles. The first-order valence-corrected chi connectivity index (χ1v) is 7.23. The third-order valence-corrected chi connectivity index (χ3v) is 3.47. The van der Waals surface area contributed by atoms with Crippen molar-refractivity contribution < 1.29 is 18.4 Å². The molecule has 24 heavy (non-hydrogen) atoms. The molecular formula is C17H17F2N3O2. The molecule has 0 spiro atoms. The zero-order valence-electron chi connectivity index (χ0n) is 13.0. The molecule has 7 heteroatoms. The van der Waals surface area contributed by atoms with Crippen LogP contribution in [0.4, 0.5) is 19.3 Å². The normalized spacial score (nSPS) is 11.6. The van der Waals surface area contributed by atoms with Gasteiger partial charge in [-0.05, 0) is 30.2 Å². The fourth-order valence-electron chi connectivity index (χ4n) is 2.36. The minimum atomic E-state index is -1.06. The third kappa shape index (κ3) is 4.52. The lowest BCUT2D eigenvalue weighted by molar-refractivity contribution is -0.116. The summed E-state index contributed by atoms with van der Waals surface area (Å²) in [5.41, 5.74) is 6.93. The van der Waals surface area contributed by atoms with Crippen molar-refractivity contribution in [1.82, 2.24) is 5.32 Å². The van der Waals surface area contributed by atoms with Crippen LogP contribution >= 0.6 is 0 Å². The summed E-state index contributed by atoms with van der Waals surface area (Å²) in [7, 11) is 0. The van der Waals surface area contributed by atoms with Gasteiger partial charge in [-0.1, -0.05) is 24.3 Å². The smallest absolute Gasteiger partial charge is 0.312 e. The van der Waals surface area contributed by atoms with Gasteiger partial charge in [0.2, 0.25) is 5.91 Å². The topological polar surface area (TPSA) is 84.2 Å². The van der Waals surface area contributed by atoms with Crippen molar-refractivity contribution >= 4 is 17.6 Å². The third-order valence-electron chi connectivity index (χ3n) is 3.47. The van der Waals surface area contributed by atoms with Crippen LogP contribution in [0.15, 0.2) is 42.5 Å². The molecular weight excluding hydrogens is 316 g/mol. The van der Waals surface area contributed by atoms with E-state index in [0.29, 0.717) is 0 Å². The van der Waals surface area contributed by atoms with Crippen molar-refractivity contribution in [3.63, 3.8) is 0 Å². The summed E-state index contributed by atoms with van der Waals surface area (Å²) in [6.45, 7) is 1.85. The van der Waals surface area contributed by atoms with Gasteiger partial charge in [0, 0.05) is 11.8 Å². The Hall–Kier alpha value is -2.96. The molecule has 0 saturated carbocycles. The highest BCUT2D eigenvalue weighted by Gasteiger charge is 2.19. The molecule has 5 nitrogen and oxygen atoms in total. The SMILES string of the molecule is Cc1ccccc1C(CC(=O)Nc1ccc(F)c(F)c1)NC(N)=O. The highest BCUT2D eigenvalue weighted by molar-refractivity contribution is 5.91. The van der Waals surface area contributed by atoms with Crippen LogP contribution in [-0.4, -0.2) is 11.9 Å². The van der Waals surface area contributed by atoms with Gasteiger partial charge in [-0.3, -0.25) is 4.79 Å². The zero-order chi connectivity index (χ0) is 17.7. The lowest BCUT2D eigenvalue weighted by Crippen LogP contribution is -2.35. The van der Waals surface area contributed by atoms with Crippen molar-refractivity contribution in [2.45, 2.75) is 19.4 Å². The number of hydrogen-bond donors (Lipinski definition) is 3. The van der Waals surface area contributed by atoms with Gasteiger partial charge in [-0.25, -0.2) is 13.6 Å². The average molecular weight is 333 g/mol. The van der Waals surface area contributed by atoms with Gasteiger partial charge in [0.05, 0.1) is 12.5 Å². The van der Waals surface area contributed by atoms with E-state index in [4.69, 9.17) is 5.73 Å². The minimum absolute atomic E-state index is 0.104. The minimum Gasteiger partial charge on any atom is -0.352 e. The maximum atomic E-state index is 13.2. The molecule has 0 heterocycles. The molecule has 1 atom stereocenters. The van der Waals surface area contributed by atoms with Gasteiger partial charge in [0.25, 0.3) is 0 Å². The van der Waals surface area contributed by atoms with Gasteiger partial charge in [-0.2, -0.15) is 0 Å². The van der Waals surface area contributed by atoms with Gasteiger partial charge in [-0.15, -0.1) is 0 Å². The van der Waals surface area contributed by atoms with Gasteiger partial charge in [0.1, 0.15) is 0 Å².